The van der Waals surface area contributed by atoms with Crippen LogP contribution in [0, 0.1) is 5.82 Å². The van der Waals surface area contributed by atoms with E-state index in [4.69, 9.17) is 9.47 Å². The van der Waals surface area contributed by atoms with Gasteiger partial charge in [-0.1, -0.05) is 0 Å². The second-order valence-corrected chi connectivity index (χ2v) is 5.84. The van der Waals surface area contributed by atoms with E-state index in [-0.39, 0.29) is 11.6 Å². The van der Waals surface area contributed by atoms with E-state index < -0.39 is 0 Å². The summed E-state index contributed by atoms with van der Waals surface area (Å²) in [6.07, 6.45) is 4.78. The Hall–Kier alpha value is -3.67. The SMILES string of the molecule is COc1ccc(C(=O)C=Cc2cccnc2Nc2ccc(F)cc2)cc1OC. The van der Waals surface area contributed by atoms with Crippen molar-refractivity contribution in [1.29, 1.82) is 0 Å². The Morgan fingerprint density at radius 3 is 2.50 bits per heavy atom. The molecular weight excluding hydrogens is 359 g/mol. The summed E-state index contributed by atoms with van der Waals surface area (Å²) in [5, 5.41) is 3.12. The Morgan fingerprint density at radius 1 is 1.04 bits per heavy atom. The zero-order valence-corrected chi connectivity index (χ0v) is 15.5. The number of nitrogens with zero attached hydrogens (tertiary/aromatic N) is 1. The molecule has 0 unspecified atom stereocenters. The summed E-state index contributed by atoms with van der Waals surface area (Å²) in [4.78, 5) is 16.8. The monoisotopic (exact) mass is 378 g/mol. The third-order valence-electron chi connectivity index (χ3n) is 4.03. The van der Waals surface area contributed by atoms with Crippen LogP contribution in [0.1, 0.15) is 15.9 Å². The molecule has 28 heavy (non-hydrogen) atoms. The van der Waals surface area contributed by atoms with Gasteiger partial charge in [-0.25, -0.2) is 9.37 Å². The third kappa shape index (κ3) is 4.54. The molecule has 3 rings (SSSR count). The molecule has 1 heterocycles. The largest absolute Gasteiger partial charge is 0.493 e. The number of aromatic nitrogens is 1. The van der Waals surface area contributed by atoms with E-state index >= 15 is 0 Å². The molecule has 142 valence electrons. The van der Waals surface area contributed by atoms with E-state index in [1.54, 1.807) is 48.7 Å². The molecule has 1 aromatic heterocycles. The van der Waals surface area contributed by atoms with Crippen molar-refractivity contribution in [2.75, 3.05) is 19.5 Å². The fourth-order valence-electron chi connectivity index (χ4n) is 2.58. The minimum Gasteiger partial charge on any atom is -0.493 e. The molecule has 0 aliphatic heterocycles. The standard InChI is InChI=1S/C22H19FN2O3/c1-27-20-12-6-16(14-21(20)28-2)19(26)11-5-15-4-3-13-24-22(15)25-18-9-7-17(23)8-10-18/h3-14H,1-2H3,(H,24,25). The van der Waals surface area contributed by atoms with Gasteiger partial charge in [0.25, 0.3) is 0 Å². The minimum atomic E-state index is -0.313. The van der Waals surface area contributed by atoms with E-state index in [0.717, 1.165) is 5.56 Å². The molecule has 0 spiro atoms. The number of halogens is 1. The van der Waals surface area contributed by atoms with Crippen LogP contribution in [-0.4, -0.2) is 25.0 Å². The van der Waals surface area contributed by atoms with E-state index in [2.05, 4.69) is 10.3 Å². The van der Waals surface area contributed by atoms with Crippen molar-refractivity contribution in [1.82, 2.24) is 4.98 Å². The van der Waals surface area contributed by atoms with Crippen LogP contribution in [0.5, 0.6) is 11.5 Å². The molecule has 5 nitrogen and oxygen atoms in total. The molecule has 0 fully saturated rings. The maximum absolute atomic E-state index is 13.1. The van der Waals surface area contributed by atoms with Crippen molar-refractivity contribution in [2.24, 2.45) is 0 Å². The van der Waals surface area contributed by atoms with E-state index in [1.807, 2.05) is 6.07 Å². The number of ether oxygens (including phenoxy) is 2. The van der Waals surface area contributed by atoms with Crippen LogP contribution in [0.3, 0.4) is 0 Å². The van der Waals surface area contributed by atoms with Crippen LogP contribution in [0.25, 0.3) is 6.08 Å². The highest BCUT2D eigenvalue weighted by Gasteiger charge is 2.09. The maximum atomic E-state index is 13.1. The predicted octanol–water partition coefficient (Wildman–Crippen LogP) is 4.88. The predicted molar refractivity (Wildman–Crippen MR) is 107 cm³/mol. The van der Waals surface area contributed by atoms with Gasteiger partial charge in [0.05, 0.1) is 14.2 Å². The van der Waals surface area contributed by atoms with Crippen molar-refractivity contribution in [3.05, 3.63) is 83.8 Å². The Kier molecular flexibility index (Phi) is 6.01. The Morgan fingerprint density at radius 2 is 1.79 bits per heavy atom. The normalized spacial score (nSPS) is 10.7. The van der Waals surface area contributed by atoms with E-state index in [1.165, 1.54) is 32.4 Å². The summed E-state index contributed by atoms with van der Waals surface area (Å²) in [5.74, 6) is 1.11. The van der Waals surface area contributed by atoms with Crippen LogP contribution in [-0.2, 0) is 0 Å². The zero-order valence-electron chi connectivity index (χ0n) is 15.5. The van der Waals surface area contributed by atoms with Gasteiger partial charge in [0.1, 0.15) is 11.6 Å². The lowest BCUT2D eigenvalue weighted by atomic mass is 10.1. The lowest BCUT2D eigenvalue weighted by Gasteiger charge is -2.09. The molecule has 0 amide bonds. The molecule has 0 saturated carbocycles. The summed E-state index contributed by atoms with van der Waals surface area (Å²) in [7, 11) is 3.06. The first-order valence-corrected chi connectivity index (χ1v) is 8.53. The number of ketones is 1. The van der Waals surface area contributed by atoms with Gasteiger partial charge in [-0.3, -0.25) is 4.79 Å². The number of pyridine rings is 1. The number of rotatable bonds is 7. The highest BCUT2D eigenvalue weighted by atomic mass is 19.1. The summed E-state index contributed by atoms with van der Waals surface area (Å²) in [5.41, 5.74) is 1.90. The first kappa shape index (κ1) is 19.1. The number of methoxy groups -OCH3 is 2. The fraction of sp³-hybridized carbons (Fsp3) is 0.0909. The summed E-state index contributed by atoms with van der Waals surface area (Å²) in [6, 6.07) is 14.6. The summed E-state index contributed by atoms with van der Waals surface area (Å²) < 4.78 is 23.5. The number of benzene rings is 2. The molecule has 3 aromatic rings. The molecule has 2 aromatic carbocycles. The molecule has 0 bridgehead atoms. The van der Waals surface area contributed by atoms with Crippen molar-refractivity contribution < 1.29 is 18.7 Å². The van der Waals surface area contributed by atoms with Crippen LogP contribution in [0.2, 0.25) is 0 Å². The molecular formula is C22H19FN2O3. The summed E-state index contributed by atoms with van der Waals surface area (Å²) >= 11 is 0. The second kappa shape index (κ2) is 8.81. The van der Waals surface area contributed by atoms with Gasteiger partial charge in [0, 0.05) is 23.0 Å². The zero-order chi connectivity index (χ0) is 19.9. The van der Waals surface area contributed by atoms with Gasteiger partial charge < -0.3 is 14.8 Å². The van der Waals surface area contributed by atoms with Crippen molar-refractivity contribution >= 4 is 23.4 Å². The highest BCUT2D eigenvalue weighted by Crippen LogP contribution is 2.28. The van der Waals surface area contributed by atoms with Crippen LogP contribution < -0.4 is 14.8 Å². The molecule has 0 aliphatic carbocycles. The van der Waals surface area contributed by atoms with Gasteiger partial charge in [-0.15, -0.1) is 0 Å². The van der Waals surface area contributed by atoms with Crippen LogP contribution in [0.4, 0.5) is 15.9 Å². The van der Waals surface area contributed by atoms with Gasteiger partial charge in [-0.2, -0.15) is 0 Å². The van der Waals surface area contributed by atoms with E-state index in [0.29, 0.717) is 28.6 Å². The number of carbonyl (C=O) groups excluding carboxylic acids is 1. The topological polar surface area (TPSA) is 60.5 Å². The second-order valence-electron chi connectivity index (χ2n) is 5.84. The van der Waals surface area contributed by atoms with Crippen molar-refractivity contribution in [2.45, 2.75) is 0 Å². The minimum absolute atomic E-state index is 0.183. The number of hydrogen-bond donors (Lipinski definition) is 1. The highest BCUT2D eigenvalue weighted by molar-refractivity contribution is 6.07. The quantitative estimate of drug-likeness (QED) is 0.469. The van der Waals surface area contributed by atoms with Gasteiger partial charge >= 0.3 is 0 Å². The van der Waals surface area contributed by atoms with E-state index in [9.17, 15) is 9.18 Å². The molecule has 6 heteroatoms. The molecule has 0 saturated heterocycles. The number of anilines is 2. The smallest absolute Gasteiger partial charge is 0.185 e. The average Bonchev–Trinajstić information content (AvgIpc) is 2.74. The fourth-order valence-corrected chi connectivity index (χ4v) is 2.58. The third-order valence-corrected chi connectivity index (χ3v) is 4.03. The summed E-state index contributed by atoms with van der Waals surface area (Å²) in [6.45, 7) is 0. The maximum Gasteiger partial charge on any atom is 0.185 e. The first-order valence-electron chi connectivity index (χ1n) is 8.53. The van der Waals surface area contributed by atoms with Crippen LogP contribution in [0.15, 0.2) is 66.9 Å². The van der Waals surface area contributed by atoms with Gasteiger partial charge in [0.2, 0.25) is 0 Å². The van der Waals surface area contributed by atoms with Crippen molar-refractivity contribution in [3.8, 4) is 11.5 Å². The number of carbonyl (C=O) groups is 1. The lowest BCUT2D eigenvalue weighted by Crippen LogP contribution is -1.98. The Labute approximate surface area is 162 Å². The first-order chi connectivity index (χ1) is 13.6. The number of allylic oxidation sites excluding steroid dienone is 1. The number of hydrogen-bond acceptors (Lipinski definition) is 5. The van der Waals surface area contributed by atoms with Gasteiger partial charge in [-0.05, 0) is 66.7 Å². The molecule has 0 aliphatic rings. The van der Waals surface area contributed by atoms with Gasteiger partial charge in [0.15, 0.2) is 17.3 Å². The Balaban J connectivity index is 1.80. The lowest BCUT2D eigenvalue weighted by molar-refractivity contribution is 0.104. The molecule has 0 atom stereocenters. The molecule has 1 N–H and O–H groups in total. The Bertz CT molecular complexity index is 1000. The number of nitrogens with one attached hydrogen (secondary N) is 1. The van der Waals surface area contributed by atoms with Crippen molar-refractivity contribution in [3.63, 3.8) is 0 Å². The van der Waals surface area contributed by atoms with Crippen LogP contribution >= 0.6 is 0 Å². The average molecular weight is 378 g/mol. The molecule has 0 radical (unpaired) electrons.